The summed E-state index contributed by atoms with van der Waals surface area (Å²) in [6.45, 7) is 6.04. The maximum atomic E-state index is 5.34. The molecule has 2 heterocycles. The Kier molecular flexibility index (Phi) is 4.11. The quantitative estimate of drug-likeness (QED) is 0.779. The van der Waals surface area contributed by atoms with Crippen molar-refractivity contribution in [3.63, 3.8) is 0 Å². The first-order valence-electron chi connectivity index (χ1n) is 5.53. The summed E-state index contributed by atoms with van der Waals surface area (Å²) < 4.78 is 5.34. The van der Waals surface area contributed by atoms with Crippen LogP contribution < -0.4 is 5.32 Å². The summed E-state index contributed by atoms with van der Waals surface area (Å²) in [7, 11) is 0. The molecule has 0 amide bonds. The van der Waals surface area contributed by atoms with Crippen LogP contribution >= 0.6 is 11.3 Å². The molecule has 0 saturated carbocycles. The molecule has 0 spiro atoms. The van der Waals surface area contributed by atoms with Crippen LogP contribution in [0.15, 0.2) is 5.51 Å². The molecule has 1 aliphatic heterocycles. The van der Waals surface area contributed by atoms with Gasteiger partial charge >= 0.3 is 0 Å². The minimum atomic E-state index is 0.778. The summed E-state index contributed by atoms with van der Waals surface area (Å²) in [4.78, 5) is 5.59. The predicted octanol–water partition coefficient (Wildman–Crippen LogP) is 1.97. The zero-order chi connectivity index (χ0) is 10.5. The molecule has 1 N–H and O–H groups in total. The van der Waals surface area contributed by atoms with Crippen LogP contribution in [0.25, 0.3) is 0 Å². The molecular formula is C11H18N2OS. The highest BCUT2D eigenvalue weighted by Crippen LogP contribution is 2.16. The number of rotatable bonds is 5. The van der Waals surface area contributed by atoms with Crippen molar-refractivity contribution in [2.45, 2.75) is 26.3 Å². The number of nitrogens with one attached hydrogen (secondary N) is 1. The first kappa shape index (κ1) is 11.0. The van der Waals surface area contributed by atoms with Crippen LogP contribution in [0, 0.1) is 12.8 Å². The van der Waals surface area contributed by atoms with Crippen molar-refractivity contribution in [2.24, 2.45) is 5.92 Å². The Labute approximate surface area is 94.9 Å². The first-order valence-corrected chi connectivity index (χ1v) is 6.41. The molecular weight excluding hydrogens is 208 g/mol. The van der Waals surface area contributed by atoms with Crippen LogP contribution in [0.5, 0.6) is 0 Å². The minimum absolute atomic E-state index is 0.778. The van der Waals surface area contributed by atoms with Gasteiger partial charge in [-0.05, 0) is 32.2 Å². The van der Waals surface area contributed by atoms with Crippen molar-refractivity contribution < 1.29 is 4.74 Å². The Balaban J connectivity index is 1.60. The number of nitrogens with zero attached hydrogens (tertiary/aromatic N) is 1. The molecule has 84 valence electrons. The van der Waals surface area contributed by atoms with Gasteiger partial charge in [0.1, 0.15) is 0 Å². The fourth-order valence-electron chi connectivity index (χ4n) is 1.81. The smallest absolute Gasteiger partial charge is 0.0798 e. The zero-order valence-electron chi connectivity index (χ0n) is 9.16. The van der Waals surface area contributed by atoms with Crippen LogP contribution in [0.2, 0.25) is 0 Å². The highest BCUT2D eigenvalue weighted by Gasteiger charge is 2.14. The summed E-state index contributed by atoms with van der Waals surface area (Å²) in [6, 6.07) is 0. The van der Waals surface area contributed by atoms with Crippen molar-refractivity contribution in [3.8, 4) is 0 Å². The van der Waals surface area contributed by atoms with Gasteiger partial charge in [-0.25, -0.2) is 4.98 Å². The number of hydrogen-bond acceptors (Lipinski definition) is 4. The van der Waals surface area contributed by atoms with Gasteiger partial charge in [0.05, 0.1) is 11.2 Å². The van der Waals surface area contributed by atoms with E-state index >= 15 is 0 Å². The maximum Gasteiger partial charge on any atom is 0.0798 e. The molecule has 1 aromatic heterocycles. The third-order valence-corrected chi connectivity index (χ3v) is 3.82. The van der Waals surface area contributed by atoms with E-state index in [0.29, 0.717) is 0 Å². The molecule has 0 aliphatic carbocycles. The largest absolute Gasteiger partial charge is 0.381 e. The molecule has 1 saturated heterocycles. The Morgan fingerprint density at radius 2 is 2.60 bits per heavy atom. The molecule has 1 fully saturated rings. The van der Waals surface area contributed by atoms with E-state index < -0.39 is 0 Å². The van der Waals surface area contributed by atoms with Gasteiger partial charge < -0.3 is 10.1 Å². The molecule has 0 bridgehead atoms. The third-order valence-electron chi connectivity index (χ3n) is 2.88. The molecule has 0 radical (unpaired) electrons. The molecule has 4 heteroatoms. The number of ether oxygens (including phenoxy) is 1. The number of thiazole rings is 1. The van der Waals surface area contributed by atoms with Crippen LogP contribution in [0.3, 0.4) is 0 Å². The second-order valence-electron chi connectivity index (χ2n) is 4.06. The van der Waals surface area contributed by atoms with Crippen molar-refractivity contribution in [1.82, 2.24) is 10.3 Å². The van der Waals surface area contributed by atoms with Crippen LogP contribution in [0.1, 0.15) is 23.4 Å². The van der Waals surface area contributed by atoms with Crippen molar-refractivity contribution in [2.75, 3.05) is 19.8 Å². The monoisotopic (exact) mass is 226 g/mol. The fraction of sp³-hybridized carbons (Fsp3) is 0.727. The molecule has 1 unspecified atom stereocenters. The lowest BCUT2D eigenvalue weighted by Crippen LogP contribution is -2.17. The van der Waals surface area contributed by atoms with Crippen LogP contribution in [-0.2, 0) is 11.3 Å². The summed E-state index contributed by atoms with van der Waals surface area (Å²) in [5.41, 5.74) is 3.08. The standard InChI is InChI=1S/C11H18N2OS/c1-9-11(15-8-13-9)6-12-4-2-10-3-5-14-7-10/h8,10,12H,2-7H2,1H3. The second kappa shape index (κ2) is 5.58. The van der Waals surface area contributed by atoms with Gasteiger partial charge in [0.2, 0.25) is 0 Å². The summed E-state index contributed by atoms with van der Waals surface area (Å²) in [5.74, 6) is 0.778. The SMILES string of the molecule is Cc1ncsc1CNCCC1CCOC1. The van der Waals surface area contributed by atoms with E-state index in [0.717, 1.165) is 37.9 Å². The Morgan fingerprint density at radius 1 is 1.67 bits per heavy atom. The minimum Gasteiger partial charge on any atom is -0.381 e. The zero-order valence-corrected chi connectivity index (χ0v) is 9.98. The van der Waals surface area contributed by atoms with Crippen molar-refractivity contribution >= 4 is 11.3 Å². The molecule has 0 aromatic carbocycles. The lowest BCUT2D eigenvalue weighted by molar-refractivity contribution is 0.184. The normalized spacial score (nSPS) is 21.0. The van der Waals surface area contributed by atoms with E-state index in [-0.39, 0.29) is 0 Å². The highest BCUT2D eigenvalue weighted by atomic mass is 32.1. The number of aryl methyl sites for hydroxylation is 1. The lowest BCUT2D eigenvalue weighted by atomic mass is 10.1. The van der Waals surface area contributed by atoms with Gasteiger partial charge in [-0.2, -0.15) is 0 Å². The first-order chi connectivity index (χ1) is 7.36. The Bertz CT molecular complexity index is 295. The summed E-state index contributed by atoms with van der Waals surface area (Å²) in [5, 5.41) is 3.47. The number of hydrogen-bond donors (Lipinski definition) is 1. The lowest BCUT2D eigenvalue weighted by Gasteiger charge is -2.07. The van der Waals surface area contributed by atoms with Gasteiger partial charge in [-0.3, -0.25) is 0 Å². The van der Waals surface area contributed by atoms with E-state index in [1.54, 1.807) is 11.3 Å². The third kappa shape index (κ3) is 3.26. The topological polar surface area (TPSA) is 34.2 Å². The van der Waals surface area contributed by atoms with Crippen molar-refractivity contribution in [1.29, 1.82) is 0 Å². The van der Waals surface area contributed by atoms with Gasteiger partial charge in [-0.15, -0.1) is 11.3 Å². The molecule has 2 rings (SSSR count). The molecule has 1 atom stereocenters. The fourth-order valence-corrected chi connectivity index (χ4v) is 2.56. The van der Waals surface area contributed by atoms with Gasteiger partial charge in [0.25, 0.3) is 0 Å². The van der Waals surface area contributed by atoms with E-state index in [1.807, 2.05) is 5.51 Å². The second-order valence-corrected chi connectivity index (χ2v) is 5.00. The van der Waals surface area contributed by atoms with Crippen LogP contribution in [0.4, 0.5) is 0 Å². The van der Waals surface area contributed by atoms with Crippen LogP contribution in [-0.4, -0.2) is 24.7 Å². The van der Waals surface area contributed by atoms with E-state index in [4.69, 9.17) is 4.74 Å². The van der Waals surface area contributed by atoms with Crippen molar-refractivity contribution in [3.05, 3.63) is 16.1 Å². The predicted molar refractivity (Wildman–Crippen MR) is 62.1 cm³/mol. The average molecular weight is 226 g/mol. The molecule has 15 heavy (non-hydrogen) atoms. The summed E-state index contributed by atoms with van der Waals surface area (Å²) >= 11 is 1.73. The van der Waals surface area contributed by atoms with E-state index in [2.05, 4.69) is 17.2 Å². The van der Waals surface area contributed by atoms with Gasteiger partial charge in [0, 0.05) is 24.6 Å². The molecule has 1 aliphatic rings. The molecule has 3 nitrogen and oxygen atoms in total. The van der Waals surface area contributed by atoms with Gasteiger partial charge in [-0.1, -0.05) is 0 Å². The highest BCUT2D eigenvalue weighted by molar-refractivity contribution is 7.09. The average Bonchev–Trinajstić information content (AvgIpc) is 2.85. The Morgan fingerprint density at radius 3 is 3.27 bits per heavy atom. The van der Waals surface area contributed by atoms with E-state index in [1.165, 1.54) is 17.7 Å². The molecule has 1 aromatic rings. The number of aromatic nitrogens is 1. The van der Waals surface area contributed by atoms with E-state index in [9.17, 15) is 0 Å². The summed E-state index contributed by atoms with van der Waals surface area (Å²) in [6.07, 6.45) is 2.47. The maximum absolute atomic E-state index is 5.34. The van der Waals surface area contributed by atoms with Gasteiger partial charge in [0.15, 0.2) is 0 Å². The Hall–Kier alpha value is -0.450.